The fourth-order valence-corrected chi connectivity index (χ4v) is 3.71. The topological polar surface area (TPSA) is 69.7 Å². The van der Waals surface area contributed by atoms with E-state index in [0.717, 1.165) is 22.8 Å². The maximum atomic E-state index is 12.7. The number of amides is 1. The third kappa shape index (κ3) is 4.74. The van der Waals surface area contributed by atoms with Crippen LogP contribution >= 0.6 is 11.3 Å². The lowest BCUT2D eigenvalue weighted by atomic mass is 9.84. The van der Waals surface area contributed by atoms with E-state index in [1.165, 1.54) is 11.3 Å². The van der Waals surface area contributed by atoms with Gasteiger partial charge in [0.1, 0.15) is 25.6 Å². The Morgan fingerprint density at radius 2 is 2.00 bits per heavy atom. The van der Waals surface area contributed by atoms with E-state index in [4.69, 9.17) is 14.2 Å². The molecule has 30 heavy (non-hydrogen) atoms. The number of rotatable bonds is 7. The lowest BCUT2D eigenvalue weighted by Gasteiger charge is -2.28. The van der Waals surface area contributed by atoms with Crippen LogP contribution in [0.25, 0.3) is 0 Å². The molecular formula is C23H24N2O4S. The lowest BCUT2D eigenvalue weighted by molar-refractivity contribution is 0.0945. The minimum Gasteiger partial charge on any atom is -0.487 e. The van der Waals surface area contributed by atoms with Gasteiger partial charge in [-0.3, -0.25) is 4.79 Å². The normalized spacial score (nSPS) is 13.0. The van der Waals surface area contributed by atoms with Gasteiger partial charge in [0.2, 0.25) is 0 Å². The van der Waals surface area contributed by atoms with Crippen LogP contribution in [0.4, 0.5) is 0 Å². The van der Waals surface area contributed by atoms with Crippen LogP contribution in [0.3, 0.4) is 0 Å². The summed E-state index contributed by atoms with van der Waals surface area (Å²) >= 11 is 1.53. The minimum atomic E-state index is -0.274. The number of aromatic nitrogens is 1. The summed E-state index contributed by atoms with van der Waals surface area (Å²) in [5.41, 5.74) is 4.00. The monoisotopic (exact) mass is 424 g/mol. The summed E-state index contributed by atoms with van der Waals surface area (Å²) in [7, 11) is 0. The number of carbonyl (C=O) groups is 1. The highest BCUT2D eigenvalue weighted by atomic mass is 32.1. The van der Waals surface area contributed by atoms with Gasteiger partial charge in [-0.2, -0.15) is 0 Å². The molecule has 0 radical (unpaired) electrons. The molecule has 1 aliphatic heterocycles. The Hall–Kier alpha value is -3.06. The summed E-state index contributed by atoms with van der Waals surface area (Å²) in [6.07, 6.45) is 0. The number of fused-ring (bicyclic) bond motifs is 1. The maximum Gasteiger partial charge on any atom is 0.251 e. The Kier molecular flexibility index (Phi) is 5.90. The summed E-state index contributed by atoms with van der Waals surface area (Å²) in [6.45, 7) is 6.16. The number of nitrogens with one attached hydrogen (secondary N) is 1. The smallest absolute Gasteiger partial charge is 0.251 e. The minimum absolute atomic E-state index is 0.139. The van der Waals surface area contributed by atoms with Crippen molar-refractivity contribution in [1.82, 2.24) is 10.3 Å². The highest BCUT2D eigenvalue weighted by Crippen LogP contribution is 2.35. The van der Waals surface area contributed by atoms with Gasteiger partial charge in [-0.25, -0.2) is 4.98 Å². The Balaban J connectivity index is 1.38. The summed E-state index contributed by atoms with van der Waals surface area (Å²) in [5, 5.41) is 4.98. The zero-order valence-electron chi connectivity index (χ0n) is 17.0. The molecule has 6 nitrogen and oxygen atoms in total. The second-order valence-corrected chi connectivity index (χ2v) is 8.44. The number of ether oxygens (including phenoxy) is 3. The van der Waals surface area contributed by atoms with E-state index in [-0.39, 0.29) is 11.3 Å². The number of thiazole rings is 1. The summed E-state index contributed by atoms with van der Waals surface area (Å²) in [6, 6.07) is 13.1. The van der Waals surface area contributed by atoms with Crippen LogP contribution in [-0.2, 0) is 12.0 Å². The van der Waals surface area contributed by atoms with Crippen molar-refractivity contribution in [3.63, 3.8) is 0 Å². The molecule has 1 N–H and O–H groups in total. The maximum absolute atomic E-state index is 12.7. The zero-order chi connectivity index (χ0) is 21.0. The van der Waals surface area contributed by atoms with E-state index in [1.807, 2.05) is 35.7 Å². The van der Waals surface area contributed by atoms with Gasteiger partial charge in [-0.1, -0.05) is 26.0 Å². The molecule has 0 unspecified atom stereocenters. The number of benzene rings is 2. The molecule has 0 saturated carbocycles. The Bertz CT molecular complexity index is 1020. The van der Waals surface area contributed by atoms with E-state index < -0.39 is 0 Å². The van der Waals surface area contributed by atoms with Crippen LogP contribution in [0.1, 0.15) is 35.5 Å². The molecule has 4 rings (SSSR count). The highest BCUT2D eigenvalue weighted by molar-refractivity contribution is 7.07. The largest absolute Gasteiger partial charge is 0.487 e. The number of hydrogen-bond acceptors (Lipinski definition) is 6. The van der Waals surface area contributed by atoms with Crippen LogP contribution in [0.2, 0.25) is 0 Å². The van der Waals surface area contributed by atoms with Crippen LogP contribution in [0.5, 0.6) is 17.2 Å². The van der Waals surface area contributed by atoms with E-state index in [0.29, 0.717) is 37.7 Å². The van der Waals surface area contributed by atoms with Gasteiger partial charge in [-0.05, 0) is 35.9 Å². The van der Waals surface area contributed by atoms with Crippen molar-refractivity contribution in [1.29, 1.82) is 0 Å². The van der Waals surface area contributed by atoms with Crippen molar-refractivity contribution in [2.75, 3.05) is 19.8 Å². The van der Waals surface area contributed by atoms with E-state index >= 15 is 0 Å². The Morgan fingerprint density at radius 3 is 2.80 bits per heavy atom. The highest BCUT2D eigenvalue weighted by Gasteiger charge is 2.24. The predicted octanol–water partition coefficient (Wildman–Crippen LogP) is 4.20. The molecule has 0 saturated heterocycles. The van der Waals surface area contributed by atoms with E-state index in [9.17, 15) is 4.79 Å². The molecule has 1 aromatic heterocycles. The number of carbonyl (C=O) groups excluding carboxylic acids is 1. The van der Waals surface area contributed by atoms with Gasteiger partial charge in [-0.15, -0.1) is 11.3 Å². The molecule has 7 heteroatoms. The van der Waals surface area contributed by atoms with Crippen molar-refractivity contribution >= 4 is 17.2 Å². The van der Waals surface area contributed by atoms with Crippen molar-refractivity contribution in [3.05, 3.63) is 70.2 Å². The molecule has 1 aliphatic rings. The molecule has 0 atom stereocenters. The van der Waals surface area contributed by atoms with Crippen molar-refractivity contribution < 1.29 is 19.0 Å². The standard InChI is InChI=1S/C23H24N2O4S/c1-23(2,17-6-7-20-21(11-17)28-9-8-27-20)14-24-22(26)16-4-3-5-19(10-16)29-12-18-13-30-15-25-18/h3-7,10-11,13,15H,8-9,12,14H2,1-2H3,(H,24,26). The average molecular weight is 425 g/mol. The summed E-state index contributed by atoms with van der Waals surface area (Å²) < 4.78 is 17.0. The van der Waals surface area contributed by atoms with Crippen molar-refractivity contribution in [2.45, 2.75) is 25.9 Å². The van der Waals surface area contributed by atoms with Crippen LogP contribution in [-0.4, -0.2) is 30.6 Å². The number of nitrogens with zero attached hydrogens (tertiary/aromatic N) is 1. The second kappa shape index (κ2) is 8.75. The SMILES string of the molecule is CC(C)(CNC(=O)c1cccc(OCc2cscn2)c1)c1ccc2c(c1)OCCO2. The molecule has 0 spiro atoms. The lowest BCUT2D eigenvalue weighted by Crippen LogP contribution is -2.36. The summed E-state index contributed by atoms with van der Waals surface area (Å²) in [5.74, 6) is 2.02. The Labute approximate surface area is 179 Å². The molecule has 1 amide bonds. The molecular weight excluding hydrogens is 400 g/mol. The van der Waals surface area contributed by atoms with Gasteiger partial charge in [0, 0.05) is 22.9 Å². The first-order valence-electron chi connectivity index (χ1n) is 9.79. The fourth-order valence-electron chi connectivity index (χ4n) is 3.16. The van der Waals surface area contributed by atoms with Gasteiger partial charge < -0.3 is 19.5 Å². The van der Waals surface area contributed by atoms with Gasteiger partial charge >= 0.3 is 0 Å². The first-order valence-corrected chi connectivity index (χ1v) is 10.7. The second-order valence-electron chi connectivity index (χ2n) is 7.72. The molecule has 2 heterocycles. The van der Waals surface area contributed by atoms with Crippen LogP contribution < -0.4 is 19.5 Å². The fraction of sp³-hybridized carbons (Fsp3) is 0.304. The van der Waals surface area contributed by atoms with Crippen molar-refractivity contribution in [2.24, 2.45) is 0 Å². The molecule has 0 aliphatic carbocycles. The van der Waals surface area contributed by atoms with Crippen molar-refractivity contribution in [3.8, 4) is 17.2 Å². The first kappa shape index (κ1) is 20.2. The third-order valence-corrected chi connectivity index (χ3v) is 5.62. The molecule has 3 aromatic rings. The van der Waals surface area contributed by atoms with Gasteiger partial charge in [0.15, 0.2) is 11.5 Å². The quantitative estimate of drug-likeness (QED) is 0.616. The van der Waals surface area contributed by atoms with Crippen LogP contribution in [0.15, 0.2) is 53.4 Å². The summed E-state index contributed by atoms with van der Waals surface area (Å²) in [4.78, 5) is 16.9. The first-order chi connectivity index (χ1) is 14.5. The van der Waals surface area contributed by atoms with Gasteiger partial charge in [0.05, 0.1) is 11.2 Å². The zero-order valence-corrected chi connectivity index (χ0v) is 17.8. The average Bonchev–Trinajstić information content (AvgIpc) is 3.30. The predicted molar refractivity (Wildman–Crippen MR) is 116 cm³/mol. The number of hydrogen-bond donors (Lipinski definition) is 1. The molecule has 0 bridgehead atoms. The van der Waals surface area contributed by atoms with Crippen LogP contribution in [0, 0.1) is 0 Å². The molecule has 156 valence electrons. The molecule has 2 aromatic carbocycles. The van der Waals surface area contributed by atoms with Gasteiger partial charge in [0.25, 0.3) is 5.91 Å². The van der Waals surface area contributed by atoms with E-state index in [2.05, 4.69) is 24.1 Å². The van der Waals surface area contributed by atoms with E-state index in [1.54, 1.807) is 17.6 Å². The molecule has 0 fully saturated rings. The third-order valence-electron chi connectivity index (χ3n) is 4.98. The Morgan fingerprint density at radius 1 is 1.17 bits per heavy atom.